The third-order valence-corrected chi connectivity index (χ3v) is 3.88. The van der Waals surface area contributed by atoms with Gasteiger partial charge >= 0.3 is 0 Å². The maximum absolute atomic E-state index is 12.2. The van der Waals surface area contributed by atoms with Gasteiger partial charge in [-0.2, -0.15) is 0 Å². The van der Waals surface area contributed by atoms with E-state index < -0.39 is 0 Å². The van der Waals surface area contributed by atoms with Gasteiger partial charge in [-0.3, -0.25) is 9.69 Å². The molecule has 104 valence electrons. The molecule has 2 atom stereocenters. The quantitative estimate of drug-likeness (QED) is 0.823. The molecule has 1 fully saturated rings. The van der Waals surface area contributed by atoms with Crippen molar-refractivity contribution in [1.82, 2.24) is 4.90 Å². The van der Waals surface area contributed by atoms with E-state index in [0.717, 1.165) is 24.1 Å². The predicted molar refractivity (Wildman–Crippen MR) is 79.0 cm³/mol. The van der Waals surface area contributed by atoms with Crippen LogP contribution in [-0.2, 0) is 4.79 Å². The molecule has 0 aromatic heterocycles. The van der Waals surface area contributed by atoms with E-state index in [1.165, 1.54) is 6.42 Å². The molecule has 0 saturated heterocycles. The molecule has 0 bridgehead atoms. The molecule has 1 aromatic rings. The number of likely N-dealkylation sites (N-methyl/N-ethyl adjacent to an activating group) is 2. The molecule has 2 rings (SSSR count). The molecule has 2 N–H and O–H groups in total. The molecule has 1 saturated carbocycles. The Hall–Kier alpha value is -1.55. The highest BCUT2D eigenvalue weighted by atomic mass is 16.2. The standard InChI is InChI=1S/C15H23N3O/c1-11-8-12(11)9-17(2)10-15(19)18(3)14-6-4-13(16)5-7-14/h4-7,11-12H,8-10,16H2,1-3H3. The van der Waals surface area contributed by atoms with Crippen LogP contribution in [0.3, 0.4) is 0 Å². The van der Waals surface area contributed by atoms with E-state index >= 15 is 0 Å². The summed E-state index contributed by atoms with van der Waals surface area (Å²) in [5.41, 5.74) is 7.24. The fraction of sp³-hybridized carbons (Fsp3) is 0.533. The second-order valence-corrected chi connectivity index (χ2v) is 5.71. The minimum absolute atomic E-state index is 0.112. The van der Waals surface area contributed by atoms with Gasteiger partial charge in [0.25, 0.3) is 0 Å². The van der Waals surface area contributed by atoms with Crippen LogP contribution in [0.5, 0.6) is 0 Å². The Morgan fingerprint density at radius 3 is 2.42 bits per heavy atom. The fourth-order valence-electron chi connectivity index (χ4n) is 2.30. The molecule has 19 heavy (non-hydrogen) atoms. The van der Waals surface area contributed by atoms with Gasteiger partial charge in [-0.25, -0.2) is 0 Å². The number of hydrogen-bond acceptors (Lipinski definition) is 3. The van der Waals surface area contributed by atoms with Crippen molar-refractivity contribution in [2.24, 2.45) is 11.8 Å². The van der Waals surface area contributed by atoms with E-state index in [4.69, 9.17) is 5.73 Å². The third kappa shape index (κ3) is 3.70. The Morgan fingerprint density at radius 2 is 1.89 bits per heavy atom. The van der Waals surface area contributed by atoms with Gasteiger partial charge in [0.1, 0.15) is 0 Å². The molecule has 0 aliphatic heterocycles. The number of hydrogen-bond donors (Lipinski definition) is 1. The average molecular weight is 261 g/mol. The first-order valence-electron chi connectivity index (χ1n) is 6.78. The van der Waals surface area contributed by atoms with Crippen LogP contribution in [0.2, 0.25) is 0 Å². The van der Waals surface area contributed by atoms with Gasteiger partial charge in [0.2, 0.25) is 5.91 Å². The normalized spacial score (nSPS) is 21.5. The number of benzene rings is 1. The van der Waals surface area contributed by atoms with Crippen molar-refractivity contribution >= 4 is 17.3 Å². The Morgan fingerprint density at radius 1 is 1.32 bits per heavy atom. The highest BCUT2D eigenvalue weighted by Gasteiger charge is 2.33. The second kappa shape index (κ2) is 5.61. The average Bonchev–Trinajstić information content (AvgIpc) is 3.04. The molecular weight excluding hydrogens is 238 g/mol. The zero-order valence-corrected chi connectivity index (χ0v) is 12.0. The van der Waals surface area contributed by atoms with Gasteiger partial charge in [-0.15, -0.1) is 0 Å². The maximum atomic E-state index is 12.2. The predicted octanol–water partition coefficient (Wildman–Crippen LogP) is 1.82. The molecule has 2 unspecified atom stereocenters. The number of nitrogens with zero attached hydrogens (tertiary/aromatic N) is 2. The van der Waals surface area contributed by atoms with E-state index in [0.29, 0.717) is 12.2 Å². The Bertz CT molecular complexity index is 443. The van der Waals surface area contributed by atoms with Crippen LogP contribution >= 0.6 is 0 Å². The van der Waals surface area contributed by atoms with E-state index in [1.807, 2.05) is 31.3 Å². The number of anilines is 2. The number of carbonyl (C=O) groups excluding carboxylic acids is 1. The van der Waals surface area contributed by atoms with Gasteiger partial charge in [0.05, 0.1) is 6.54 Å². The lowest BCUT2D eigenvalue weighted by Gasteiger charge is -2.22. The maximum Gasteiger partial charge on any atom is 0.240 e. The number of rotatable bonds is 5. The smallest absolute Gasteiger partial charge is 0.240 e. The van der Waals surface area contributed by atoms with Crippen LogP contribution in [-0.4, -0.2) is 38.0 Å². The second-order valence-electron chi connectivity index (χ2n) is 5.71. The lowest BCUT2D eigenvalue weighted by Crippen LogP contribution is -2.37. The van der Waals surface area contributed by atoms with E-state index in [9.17, 15) is 4.79 Å². The first kappa shape index (κ1) is 13.9. The lowest BCUT2D eigenvalue weighted by atomic mass is 10.2. The van der Waals surface area contributed by atoms with Crippen molar-refractivity contribution in [2.45, 2.75) is 13.3 Å². The van der Waals surface area contributed by atoms with Gasteiger partial charge in [-0.1, -0.05) is 6.92 Å². The van der Waals surface area contributed by atoms with Crippen molar-refractivity contribution in [3.05, 3.63) is 24.3 Å². The summed E-state index contributed by atoms with van der Waals surface area (Å²) in [4.78, 5) is 16.0. The van der Waals surface area contributed by atoms with Crippen molar-refractivity contribution in [2.75, 3.05) is 37.8 Å². The molecule has 0 radical (unpaired) electrons. The van der Waals surface area contributed by atoms with Crippen LogP contribution < -0.4 is 10.6 Å². The molecule has 1 aromatic carbocycles. The largest absolute Gasteiger partial charge is 0.399 e. The zero-order valence-electron chi connectivity index (χ0n) is 12.0. The van der Waals surface area contributed by atoms with Gasteiger partial charge in [0, 0.05) is 25.0 Å². The number of carbonyl (C=O) groups is 1. The van der Waals surface area contributed by atoms with Crippen LogP contribution in [0.1, 0.15) is 13.3 Å². The number of nitrogen functional groups attached to an aromatic ring is 1. The van der Waals surface area contributed by atoms with Crippen LogP contribution in [0.15, 0.2) is 24.3 Å². The highest BCUT2D eigenvalue weighted by molar-refractivity contribution is 5.94. The minimum Gasteiger partial charge on any atom is -0.399 e. The molecular formula is C15H23N3O. The van der Waals surface area contributed by atoms with Gasteiger partial charge in [-0.05, 0) is 49.6 Å². The summed E-state index contributed by atoms with van der Waals surface area (Å²) in [5, 5.41) is 0. The molecule has 4 nitrogen and oxygen atoms in total. The van der Waals surface area contributed by atoms with Crippen molar-refractivity contribution < 1.29 is 4.79 Å². The molecule has 1 aliphatic rings. The summed E-state index contributed by atoms with van der Waals surface area (Å²) >= 11 is 0. The first-order chi connectivity index (χ1) is 8.97. The number of nitrogens with two attached hydrogens (primary N) is 1. The summed E-state index contributed by atoms with van der Waals surface area (Å²) in [6.45, 7) is 3.74. The van der Waals surface area contributed by atoms with Crippen LogP contribution in [0.4, 0.5) is 11.4 Å². The minimum atomic E-state index is 0.112. The SMILES string of the molecule is CC1CC1CN(C)CC(=O)N(C)c1ccc(N)cc1. The van der Waals surface area contributed by atoms with E-state index in [2.05, 4.69) is 11.8 Å². The molecule has 0 heterocycles. The van der Waals surface area contributed by atoms with Crippen LogP contribution in [0.25, 0.3) is 0 Å². The summed E-state index contributed by atoms with van der Waals surface area (Å²) < 4.78 is 0. The van der Waals surface area contributed by atoms with E-state index in [1.54, 1.807) is 11.9 Å². The van der Waals surface area contributed by atoms with E-state index in [-0.39, 0.29) is 5.91 Å². The fourth-order valence-corrected chi connectivity index (χ4v) is 2.30. The lowest BCUT2D eigenvalue weighted by molar-refractivity contribution is -0.119. The zero-order chi connectivity index (χ0) is 14.0. The van der Waals surface area contributed by atoms with Crippen molar-refractivity contribution in [1.29, 1.82) is 0 Å². The first-order valence-corrected chi connectivity index (χ1v) is 6.78. The molecule has 1 amide bonds. The summed E-state index contributed by atoms with van der Waals surface area (Å²) in [6.07, 6.45) is 1.30. The number of amides is 1. The Balaban J connectivity index is 1.86. The highest BCUT2D eigenvalue weighted by Crippen LogP contribution is 2.37. The monoisotopic (exact) mass is 261 g/mol. The van der Waals surface area contributed by atoms with Crippen molar-refractivity contribution in [3.8, 4) is 0 Å². The van der Waals surface area contributed by atoms with Gasteiger partial charge < -0.3 is 10.6 Å². The van der Waals surface area contributed by atoms with Gasteiger partial charge in [0.15, 0.2) is 0 Å². The van der Waals surface area contributed by atoms with Crippen LogP contribution in [0, 0.1) is 11.8 Å². The Labute approximate surface area is 115 Å². The Kier molecular flexibility index (Phi) is 4.10. The molecule has 0 spiro atoms. The topological polar surface area (TPSA) is 49.6 Å². The summed E-state index contributed by atoms with van der Waals surface area (Å²) in [5.74, 6) is 1.72. The summed E-state index contributed by atoms with van der Waals surface area (Å²) in [7, 11) is 3.82. The third-order valence-electron chi connectivity index (χ3n) is 3.88. The van der Waals surface area contributed by atoms with Crippen molar-refractivity contribution in [3.63, 3.8) is 0 Å². The molecule has 1 aliphatic carbocycles. The summed E-state index contributed by atoms with van der Waals surface area (Å²) in [6, 6.07) is 7.37. The molecule has 4 heteroatoms.